The highest BCUT2D eigenvalue weighted by molar-refractivity contribution is 6.34. The minimum Gasteiger partial charge on any atom is -0.342 e. The van der Waals surface area contributed by atoms with Crippen molar-refractivity contribution in [2.45, 2.75) is 31.9 Å². The molecule has 0 aliphatic carbocycles. The van der Waals surface area contributed by atoms with Crippen molar-refractivity contribution in [1.29, 1.82) is 0 Å². The number of alkyl halides is 3. The monoisotopic (exact) mass is 471 g/mol. The molecule has 8 heteroatoms. The number of allylic oxidation sites excluding steroid dienone is 1. The third-order valence-electron chi connectivity index (χ3n) is 4.72. The van der Waals surface area contributed by atoms with Gasteiger partial charge in [-0.1, -0.05) is 47.5 Å². The van der Waals surface area contributed by atoms with Crippen molar-refractivity contribution in [2.75, 3.05) is 13.6 Å². The van der Waals surface area contributed by atoms with Gasteiger partial charge in [0.2, 0.25) is 0 Å². The van der Waals surface area contributed by atoms with E-state index in [9.17, 15) is 22.8 Å². The van der Waals surface area contributed by atoms with Crippen LogP contribution >= 0.6 is 23.2 Å². The molecule has 0 saturated heterocycles. The highest BCUT2D eigenvalue weighted by atomic mass is 35.5. The molecule has 0 N–H and O–H groups in total. The third-order valence-corrected chi connectivity index (χ3v) is 5.16. The number of carbonyl (C=O) groups excluding carboxylic acids is 2. The molecule has 0 aliphatic rings. The van der Waals surface area contributed by atoms with Gasteiger partial charge in [0, 0.05) is 35.6 Å². The van der Waals surface area contributed by atoms with Crippen LogP contribution in [0.4, 0.5) is 13.2 Å². The molecule has 0 aliphatic heterocycles. The number of carbonyl (C=O) groups is 2. The lowest BCUT2D eigenvalue weighted by Crippen LogP contribution is -2.28. The highest BCUT2D eigenvalue weighted by Crippen LogP contribution is 2.38. The van der Waals surface area contributed by atoms with Crippen LogP contribution in [0, 0.1) is 6.92 Å². The lowest BCUT2D eigenvalue weighted by atomic mass is 9.96. The quantitative estimate of drug-likeness (QED) is 0.316. The lowest BCUT2D eigenvalue weighted by molar-refractivity contribution is -0.139. The average Bonchev–Trinajstić information content (AvgIpc) is 2.66. The number of benzene rings is 2. The molecule has 0 heterocycles. The second-order valence-corrected chi connectivity index (χ2v) is 8.06. The van der Waals surface area contributed by atoms with E-state index in [0.29, 0.717) is 36.1 Å². The zero-order valence-electron chi connectivity index (χ0n) is 17.0. The van der Waals surface area contributed by atoms with E-state index in [2.05, 4.69) is 0 Å². The Bertz CT molecular complexity index is 954. The van der Waals surface area contributed by atoms with Gasteiger partial charge in [0.25, 0.3) is 5.91 Å². The molecule has 3 nitrogen and oxygen atoms in total. The fraction of sp³-hybridized carbons (Fsp3) is 0.304. The molecule has 2 aromatic rings. The summed E-state index contributed by atoms with van der Waals surface area (Å²) >= 11 is 11.7. The summed E-state index contributed by atoms with van der Waals surface area (Å²) < 4.78 is 40.9. The normalized spacial score (nSPS) is 12.7. The second-order valence-electron chi connectivity index (χ2n) is 7.19. The standard InChI is InChI=1S/C23H22Cl2F3NO2/c1-15-11-16(5-7-20(15)22(31)29(2)9-3-4-10-30)6-8-21(23(26,27)28)17-12-18(24)14-19(25)13-17/h5-8,10-14,21H,3-4,9H2,1-2H3/b8-6+. The maximum Gasteiger partial charge on any atom is 0.399 e. The topological polar surface area (TPSA) is 37.4 Å². The smallest absolute Gasteiger partial charge is 0.342 e. The maximum atomic E-state index is 13.6. The molecule has 0 saturated carbocycles. The first-order chi connectivity index (χ1) is 14.5. The zero-order chi connectivity index (χ0) is 23.2. The molecule has 2 aromatic carbocycles. The number of amides is 1. The number of hydrogen-bond donors (Lipinski definition) is 0. The van der Waals surface area contributed by atoms with Crippen LogP contribution in [0.5, 0.6) is 0 Å². The number of unbranched alkanes of at least 4 members (excludes halogenated alkanes) is 1. The van der Waals surface area contributed by atoms with Crippen LogP contribution in [-0.4, -0.2) is 36.9 Å². The SMILES string of the molecule is Cc1cc(/C=C/C(c2cc(Cl)cc(Cl)c2)C(F)(F)F)ccc1C(=O)N(C)CCCC=O. The zero-order valence-corrected chi connectivity index (χ0v) is 18.6. The van der Waals surface area contributed by atoms with Crippen molar-refractivity contribution in [3.8, 4) is 0 Å². The van der Waals surface area contributed by atoms with Crippen LogP contribution in [-0.2, 0) is 4.79 Å². The van der Waals surface area contributed by atoms with Gasteiger partial charge in [-0.25, -0.2) is 0 Å². The first-order valence-corrected chi connectivity index (χ1v) is 10.3. The fourth-order valence-corrected chi connectivity index (χ4v) is 3.66. The Hall–Kier alpha value is -2.31. The minimum absolute atomic E-state index is 0.0540. The lowest BCUT2D eigenvalue weighted by Gasteiger charge is -2.19. The molecule has 0 spiro atoms. The van der Waals surface area contributed by atoms with Gasteiger partial charge >= 0.3 is 6.18 Å². The Labute approximate surface area is 189 Å². The van der Waals surface area contributed by atoms with Gasteiger partial charge < -0.3 is 9.69 Å². The van der Waals surface area contributed by atoms with Crippen LogP contribution in [0.3, 0.4) is 0 Å². The van der Waals surface area contributed by atoms with Crippen molar-refractivity contribution >= 4 is 41.5 Å². The first-order valence-electron chi connectivity index (χ1n) is 9.53. The Morgan fingerprint density at radius 1 is 1.13 bits per heavy atom. The Morgan fingerprint density at radius 3 is 2.32 bits per heavy atom. The average molecular weight is 472 g/mol. The molecular formula is C23H22Cl2F3NO2. The number of aryl methyl sites for hydroxylation is 1. The summed E-state index contributed by atoms with van der Waals surface area (Å²) in [6.07, 6.45) is -0.377. The van der Waals surface area contributed by atoms with Gasteiger partial charge in [0.1, 0.15) is 6.29 Å². The summed E-state index contributed by atoms with van der Waals surface area (Å²) in [6, 6.07) is 8.69. The van der Waals surface area contributed by atoms with Crippen molar-refractivity contribution < 1.29 is 22.8 Å². The van der Waals surface area contributed by atoms with E-state index in [0.717, 1.165) is 12.4 Å². The Balaban J connectivity index is 2.25. The van der Waals surface area contributed by atoms with Crippen LogP contribution in [0.2, 0.25) is 10.0 Å². The van der Waals surface area contributed by atoms with Gasteiger partial charge in [0.15, 0.2) is 0 Å². The molecule has 1 atom stereocenters. The highest BCUT2D eigenvalue weighted by Gasteiger charge is 2.39. The van der Waals surface area contributed by atoms with E-state index in [4.69, 9.17) is 23.2 Å². The second kappa shape index (κ2) is 10.8. The molecule has 1 amide bonds. The van der Waals surface area contributed by atoms with Gasteiger partial charge in [-0.3, -0.25) is 4.79 Å². The molecule has 0 radical (unpaired) electrons. The molecule has 0 bridgehead atoms. The number of aldehydes is 1. The van der Waals surface area contributed by atoms with E-state index in [1.807, 2.05) is 0 Å². The summed E-state index contributed by atoms with van der Waals surface area (Å²) in [7, 11) is 1.64. The van der Waals surface area contributed by atoms with Crippen LogP contribution in [0.25, 0.3) is 6.08 Å². The minimum atomic E-state index is -4.53. The van der Waals surface area contributed by atoms with E-state index in [-0.39, 0.29) is 21.5 Å². The van der Waals surface area contributed by atoms with Gasteiger partial charge in [0.05, 0.1) is 5.92 Å². The summed E-state index contributed by atoms with van der Waals surface area (Å²) in [6.45, 7) is 2.16. The molecule has 166 valence electrons. The number of halogens is 5. The number of nitrogens with zero attached hydrogens (tertiary/aromatic N) is 1. The van der Waals surface area contributed by atoms with Gasteiger partial charge in [-0.05, 0) is 54.3 Å². The summed E-state index contributed by atoms with van der Waals surface area (Å²) in [5.74, 6) is -2.09. The Morgan fingerprint density at radius 2 is 1.77 bits per heavy atom. The van der Waals surface area contributed by atoms with Crippen molar-refractivity contribution in [1.82, 2.24) is 4.90 Å². The number of rotatable bonds is 8. The summed E-state index contributed by atoms with van der Waals surface area (Å²) in [4.78, 5) is 24.5. The van der Waals surface area contributed by atoms with Gasteiger partial charge in [-0.15, -0.1) is 0 Å². The van der Waals surface area contributed by atoms with E-state index in [1.165, 1.54) is 29.2 Å². The molecule has 1 unspecified atom stereocenters. The van der Waals surface area contributed by atoms with Crippen molar-refractivity contribution in [3.05, 3.63) is 74.8 Å². The predicted molar refractivity (Wildman–Crippen MR) is 118 cm³/mol. The van der Waals surface area contributed by atoms with Crippen LogP contribution < -0.4 is 0 Å². The fourth-order valence-electron chi connectivity index (χ4n) is 3.12. The van der Waals surface area contributed by atoms with Crippen molar-refractivity contribution in [2.24, 2.45) is 0 Å². The van der Waals surface area contributed by atoms with E-state index in [1.54, 1.807) is 32.2 Å². The summed E-state index contributed by atoms with van der Waals surface area (Å²) in [5, 5.41) is 0.252. The van der Waals surface area contributed by atoms with Gasteiger partial charge in [-0.2, -0.15) is 13.2 Å². The predicted octanol–water partition coefficient (Wildman–Crippen LogP) is 6.71. The largest absolute Gasteiger partial charge is 0.399 e. The van der Waals surface area contributed by atoms with E-state index >= 15 is 0 Å². The molecular weight excluding hydrogens is 450 g/mol. The molecule has 0 aromatic heterocycles. The molecule has 31 heavy (non-hydrogen) atoms. The summed E-state index contributed by atoms with van der Waals surface area (Å²) in [5.41, 5.74) is 1.57. The molecule has 2 rings (SSSR count). The number of hydrogen-bond acceptors (Lipinski definition) is 2. The Kier molecular flexibility index (Phi) is 8.71. The first kappa shape index (κ1) is 25.0. The third kappa shape index (κ3) is 7.11. The van der Waals surface area contributed by atoms with Crippen LogP contribution in [0.15, 0.2) is 42.5 Å². The van der Waals surface area contributed by atoms with Crippen molar-refractivity contribution in [3.63, 3.8) is 0 Å². The van der Waals surface area contributed by atoms with Crippen LogP contribution in [0.1, 0.15) is 45.8 Å². The van der Waals surface area contributed by atoms with E-state index < -0.39 is 12.1 Å². The molecule has 0 fully saturated rings. The maximum absolute atomic E-state index is 13.6.